The molecule has 7 nitrogen and oxygen atoms in total. The number of amides is 1. The van der Waals surface area contributed by atoms with Crippen LogP contribution in [0.5, 0.6) is 0 Å². The van der Waals surface area contributed by atoms with E-state index in [0.29, 0.717) is 31.6 Å². The largest absolute Gasteiger partial charge is 0.330 e. The summed E-state index contributed by atoms with van der Waals surface area (Å²) in [6, 6.07) is 10.9. The van der Waals surface area contributed by atoms with Crippen molar-refractivity contribution in [3.05, 3.63) is 53.9 Å². The lowest BCUT2D eigenvalue weighted by Gasteiger charge is -2.18. The van der Waals surface area contributed by atoms with Crippen molar-refractivity contribution in [2.75, 3.05) is 18.4 Å². The normalized spacial score (nSPS) is 11.9. The summed E-state index contributed by atoms with van der Waals surface area (Å²) in [5, 5.41) is 2.96. The van der Waals surface area contributed by atoms with Gasteiger partial charge in [-0.25, -0.2) is 13.4 Å². The number of fused-ring (bicyclic) bond motifs is 1. The van der Waals surface area contributed by atoms with Gasteiger partial charge in [0.05, 0.1) is 22.3 Å². The highest BCUT2D eigenvalue weighted by Crippen LogP contribution is 2.22. The molecule has 160 valence electrons. The number of nitrogens with zero attached hydrogens (tertiary/aromatic N) is 3. The molecular weight excluding hydrogens is 400 g/mol. The maximum Gasteiger partial charge on any atom is 0.243 e. The second kappa shape index (κ2) is 8.97. The summed E-state index contributed by atoms with van der Waals surface area (Å²) in [5.74, 6) is -0.0775. The highest BCUT2D eigenvalue weighted by molar-refractivity contribution is 7.89. The van der Waals surface area contributed by atoms with Crippen molar-refractivity contribution in [2.45, 2.75) is 45.6 Å². The van der Waals surface area contributed by atoms with E-state index in [-0.39, 0.29) is 10.8 Å². The van der Waals surface area contributed by atoms with Crippen LogP contribution in [0.3, 0.4) is 0 Å². The van der Waals surface area contributed by atoms with Crippen LogP contribution in [0.4, 0.5) is 5.69 Å². The smallest absolute Gasteiger partial charge is 0.243 e. The summed E-state index contributed by atoms with van der Waals surface area (Å²) in [7, 11) is -3.53. The molecule has 0 radical (unpaired) electrons. The zero-order valence-corrected chi connectivity index (χ0v) is 18.7. The van der Waals surface area contributed by atoms with Crippen LogP contribution in [-0.4, -0.2) is 41.3 Å². The van der Waals surface area contributed by atoms with E-state index in [9.17, 15) is 13.2 Å². The Balaban J connectivity index is 1.73. The standard InChI is InChI=1S/C22H28N4O3S/c1-5-26(6-2)30(28,29)18-9-10-21-20(14-18)23-15-25(21)12-11-22(27)24-19-13-16(3)7-8-17(19)4/h7-10,13-15H,5-6,11-12H2,1-4H3,(H,24,27). The lowest BCUT2D eigenvalue weighted by Crippen LogP contribution is -2.30. The molecule has 1 amide bonds. The zero-order chi connectivity index (χ0) is 21.9. The van der Waals surface area contributed by atoms with E-state index in [1.807, 2.05) is 50.5 Å². The monoisotopic (exact) mass is 428 g/mol. The van der Waals surface area contributed by atoms with Crippen LogP contribution >= 0.6 is 0 Å². The van der Waals surface area contributed by atoms with Crippen molar-refractivity contribution in [3.8, 4) is 0 Å². The molecule has 3 rings (SSSR count). The summed E-state index contributed by atoms with van der Waals surface area (Å²) in [4.78, 5) is 17.0. The van der Waals surface area contributed by atoms with Crippen LogP contribution < -0.4 is 5.32 Å². The van der Waals surface area contributed by atoms with Gasteiger partial charge in [0, 0.05) is 31.7 Å². The molecule has 0 atom stereocenters. The number of aryl methyl sites for hydroxylation is 3. The van der Waals surface area contributed by atoms with Gasteiger partial charge in [0.25, 0.3) is 0 Å². The minimum absolute atomic E-state index is 0.0775. The molecule has 0 unspecified atom stereocenters. The number of benzene rings is 2. The van der Waals surface area contributed by atoms with Crippen LogP contribution in [0.1, 0.15) is 31.4 Å². The highest BCUT2D eigenvalue weighted by atomic mass is 32.2. The summed E-state index contributed by atoms with van der Waals surface area (Å²) < 4.78 is 28.7. The number of anilines is 1. The summed E-state index contributed by atoms with van der Waals surface area (Å²) in [6.07, 6.45) is 1.93. The molecule has 0 saturated heterocycles. The molecule has 0 bridgehead atoms. The first-order valence-electron chi connectivity index (χ1n) is 10.1. The van der Waals surface area contributed by atoms with Gasteiger partial charge < -0.3 is 9.88 Å². The lowest BCUT2D eigenvalue weighted by molar-refractivity contribution is -0.116. The first kappa shape index (κ1) is 22.0. The van der Waals surface area contributed by atoms with E-state index < -0.39 is 10.0 Å². The summed E-state index contributed by atoms with van der Waals surface area (Å²) in [5.41, 5.74) is 4.32. The van der Waals surface area contributed by atoms with Crippen LogP contribution in [0.15, 0.2) is 47.6 Å². The Labute approximate surface area is 177 Å². The Morgan fingerprint density at radius 1 is 1.10 bits per heavy atom. The molecule has 1 N–H and O–H groups in total. The Morgan fingerprint density at radius 3 is 2.53 bits per heavy atom. The fraction of sp³-hybridized carbons (Fsp3) is 0.364. The molecule has 0 spiro atoms. The third-order valence-corrected chi connectivity index (χ3v) is 7.23. The molecule has 0 aliphatic rings. The van der Waals surface area contributed by atoms with E-state index in [2.05, 4.69) is 10.3 Å². The predicted octanol–water partition coefficient (Wildman–Crippen LogP) is 3.71. The minimum atomic E-state index is -3.53. The molecule has 0 aliphatic carbocycles. The summed E-state index contributed by atoms with van der Waals surface area (Å²) >= 11 is 0. The lowest BCUT2D eigenvalue weighted by atomic mass is 10.1. The first-order chi connectivity index (χ1) is 14.3. The van der Waals surface area contributed by atoms with Crippen molar-refractivity contribution in [1.29, 1.82) is 0 Å². The summed E-state index contributed by atoms with van der Waals surface area (Å²) in [6.45, 7) is 8.87. The molecule has 0 saturated carbocycles. The molecule has 1 heterocycles. The van der Waals surface area contributed by atoms with Gasteiger partial charge in [0.15, 0.2) is 0 Å². The zero-order valence-electron chi connectivity index (χ0n) is 17.8. The predicted molar refractivity (Wildman–Crippen MR) is 119 cm³/mol. The molecule has 0 aliphatic heterocycles. The molecule has 3 aromatic rings. The van der Waals surface area contributed by atoms with Crippen molar-refractivity contribution >= 4 is 32.7 Å². The number of sulfonamides is 1. The van der Waals surface area contributed by atoms with Gasteiger partial charge >= 0.3 is 0 Å². The fourth-order valence-corrected chi connectivity index (χ4v) is 4.88. The van der Waals surface area contributed by atoms with Gasteiger partial charge in [-0.1, -0.05) is 26.0 Å². The highest BCUT2D eigenvalue weighted by Gasteiger charge is 2.22. The number of nitrogens with one attached hydrogen (secondary N) is 1. The van der Waals surface area contributed by atoms with Crippen LogP contribution in [-0.2, 0) is 21.4 Å². The van der Waals surface area contributed by atoms with Gasteiger partial charge in [-0.2, -0.15) is 4.31 Å². The number of imidazole rings is 1. The van der Waals surface area contributed by atoms with E-state index in [4.69, 9.17) is 0 Å². The minimum Gasteiger partial charge on any atom is -0.330 e. The average molecular weight is 429 g/mol. The Morgan fingerprint density at radius 2 is 1.83 bits per heavy atom. The SMILES string of the molecule is CCN(CC)S(=O)(=O)c1ccc2c(c1)ncn2CCC(=O)Nc1cc(C)ccc1C. The number of hydrogen-bond acceptors (Lipinski definition) is 4. The van der Waals surface area contributed by atoms with E-state index in [0.717, 1.165) is 22.3 Å². The van der Waals surface area contributed by atoms with E-state index >= 15 is 0 Å². The second-order valence-electron chi connectivity index (χ2n) is 7.29. The molecular formula is C22H28N4O3S. The fourth-order valence-electron chi connectivity index (χ4n) is 3.40. The van der Waals surface area contributed by atoms with E-state index in [1.54, 1.807) is 24.5 Å². The quantitative estimate of drug-likeness (QED) is 0.593. The maximum absolute atomic E-state index is 12.7. The second-order valence-corrected chi connectivity index (χ2v) is 9.23. The van der Waals surface area contributed by atoms with Crippen LogP contribution in [0.25, 0.3) is 11.0 Å². The third kappa shape index (κ3) is 4.55. The number of aromatic nitrogens is 2. The van der Waals surface area contributed by atoms with Crippen LogP contribution in [0.2, 0.25) is 0 Å². The van der Waals surface area contributed by atoms with Gasteiger partial charge in [0.1, 0.15) is 0 Å². The maximum atomic E-state index is 12.7. The Hall–Kier alpha value is -2.71. The Bertz CT molecular complexity index is 1160. The van der Waals surface area contributed by atoms with Crippen molar-refractivity contribution in [2.24, 2.45) is 0 Å². The topological polar surface area (TPSA) is 84.3 Å². The van der Waals surface area contributed by atoms with Gasteiger partial charge in [-0.3, -0.25) is 4.79 Å². The van der Waals surface area contributed by atoms with Crippen molar-refractivity contribution in [3.63, 3.8) is 0 Å². The Kier molecular flexibility index (Phi) is 6.58. The molecule has 2 aromatic carbocycles. The van der Waals surface area contributed by atoms with E-state index in [1.165, 1.54) is 4.31 Å². The van der Waals surface area contributed by atoms with Gasteiger partial charge in [0.2, 0.25) is 15.9 Å². The van der Waals surface area contributed by atoms with Gasteiger partial charge in [-0.05, 0) is 49.2 Å². The number of carbonyl (C=O) groups excluding carboxylic acids is 1. The van der Waals surface area contributed by atoms with Crippen molar-refractivity contribution in [1.82, 2.24) is 13.9 Å². The number of hydrogen-bond donors (Lipinski definition) is 1. The third-order valence-electron chi connectivity index (χ3n) is 5.18. The average Bonchev–Trinajstić information content (AvgIpc) is 3.12. The van der Waals surface area contributed by atoms with Gasteiger partial charge in [-0.15, -0.1) is 0 Å². The molecule has 30 heavy (non-hydrogen) atoms. The molecule has 1 aromatic heterocycles. The first-order valence-corrected chi connectivity index (χ1v) is 11.5. The number of carbonyl (C=O) groups is 1. The molecule has 8 heteroatoms. The number of rotatable bonds is 8. The molecule has 0 fully saturated rings. The van der Waals surface area contributed by atoms with Crippen molar-refractivity contribution < 1.29 is 13.2 Å². The van der Waals surface area contributed by atoms with Crippen LogP contribution in [0, 0.1) is 13.8 Å².